The van der Waals surface area contributed by atoms with E-state index in [4.69, 9.17) is 0 Å². The summed E-state index contributed by atoms with van der Waals surface area (Å²) in [6.07, 6.45) is 1.27. The molecule has 0 bridgehead atoms. The molecule has 0 aliphatic carbocycles. The summed E-state index contributed by atoms with van der Waals surface area (Å²) in [6, 6.07) is 1.34. The maximum atomic E-state index is 3.72. The monoisotopic (exact) mass is 212 g/mol. The molecule has 1 heterocycles. The third-order valence-electron chi connectivity index (χ3n) is 3.92. The minimum atomic E-state index is 0.377. The molecule has 0 aromatic rings. The first-order valence-electron chi connectivity index (χ1n) is 6.30. The van der Waals surface area contributed by atoms with Gasteiger partial charge in [-0.1, -0.05) is 41.0 Å². The van der Waals surface area contributed by atoms with E-state index >= 15 is 0 Å². The van der Waals surface area contributed by atoms with Gasteiger partial charge in [-0.3, -0.25) is 0 Å². The van der Waals surface area contributed by atoms with Crippen molar-refractivity contribution in [1.82, 2.24) is 10.2 Å². The van der Waals surface area contributed by atoms with Crippen LogP contribution in [0.3, 0.4) is 0 Å². The van der Waals surface area contributed by atoms with Gasteiger partial charge < -0.3 is 10.2 Å². The van der Waals surface area contributed by atoms with Gasteiger partial charge in [-0.15, -0.1) is 0 Å². The molecule has 90 valence electrons. The van der Waals surface area contributed by atoms with Gasteiger partial charge in [-0.25, -0.2) is 0 Å². The molecule has 0 aromatic heterocycles. The van der Waals surface area contributed by atoms with E-state index < -0.39 is 0 Å². The zero-order valence-electron chi connectivity index (χ0n) is 11.3. The van der Waals surface area contributed by atoms with Crippen molar-refractivity contribution < 1.29 is 0 Å². The lowest BCUT2D eigenvalue weighted by Crippen LogP contribution is -2.60. The highest BCUT2D eigenvalue weighted by atomic mass is 15.2. The van der Waals surface area contributed by atoms with Crippen LogP contribution in [0.15, 0.2) is 0 Å². The van der Waals surface area contributed by atoms with Crippen LogP contribution in [-0.2, 0) is 0 Å². The van der Waals surface area contributed by atoms with Crippen molar-refractivity contribution in [2.45, 2.75) is 53.1 Å². The first kappa shape index (κ1) is 13.0. The number of hydrogen-bond donors (Lipinski definition) is 1. The average Bonchev–Trinajstić information content (AvgIpc) is 2.14. The molecule has 0 spiro atoms. The highest BCUT2D eigenvalue weighted by Gasteiger charge is 2.34. The van der Waals surface area contributed by atoms with E-state index in [2.05, 4.69) is 51.9 Å². The molecular weight excluding hydrogens is 184 g/mol. The molecule has 3 atom stereocenters. The van der Waals surface area contributed by atoms with E-state index in [0.717, 1.165) is 12.5 Å². The maximum Gasteiger partial charge on any atom is 0.0266 e. The fourth-order valence-corrected chi connectivity index (χ4v) is 2.55. The maximum absolute atomic E-state index is 3.72. The van der Waals surface area contributed by atoms with Crippen LogP contribution in [0, 0.1) is 11.3 Å². The second kappa shape index (κ2) is 4.84. The van der Waals surface area contributed by atoms with Crippen LogP contribution < -0.4 is 5.32 Å². The minimum absolute atomic E-state index is 0.377. The smallest absolute Gasteiger partial charge is 0.0266 e. The molecule has 1 fully saturated rings. The zero-order valence-corrected chi connectivity index (χ0v) is 11.3. The fraction of sp³-hybridized carbons (Fsp3) is 1.00. The molecule has 0 saturated carbocycles. The van der Waals surface area contributed by atoms with Gasteiger partial charge in [-0.2, -0.15) is 0 Å². The van der Waals surface area contributed by atoms with Crippen molar-refractivity contribution in [3.8, 4) is 0 Å². The molecule has 1 saturated heterocycles. The first-order chi connectivity index (χ1) is 6.86. The molecular formula is C13H28N2. The summed E-state index contributed by atoms with van der Waals surface area (Å²) < 4.78 is 0. The number of likely N-dealkylation sites (N-methyl/N-ethyl adjacent to an activating group) is 1. The third kappa shape index (κ3) is 3.18. The topological polar surface area (TPSA) is 15.3 Å². The SMILES string of the molecule is CCC(C)C1CN(C)C(C(C)(C)C)CN1. The van der Waals surface area contributed by atoms with Crippen LogP contribution in [0.1, 0.15) is 41.0 Å². The molecule has 2 heteroatoms. The molecule has 2 nitrogen and oxygen atoms in total. The Hall–Kier alpha value is -0.0800. The van der Waals surface area contributed by atoms with Crippen LogP contribution in [0.5, 0.6) is 0 Å². The summed E-state index contributed by atoms with van der Waals surface area (Å²) in [4.78, 5) is 2.54. The molecule has 1 aliphatic heterocycles. The summed E-state index contributed by atoms with van der Waals surface area (Å²) in [6.45, 7) is 14.0. The van der Waals surface area contributed by atoms with Crippen molar-refractivity contribution >= 4 is 0 Å². The lowest BCUT2D eigenvalue weighted by atomic mass is 9.83. The summed E-state index contributed by atoms with van der Waals surface area (Å²) in [5, 5.41) is 3.72. The Morgan fingerprint density at radius 2 is 2.00 bits per heavy atom. The summed E-state index contributed by atoms with van der Waals surface area (Å²) >= 11 is 0. The second-order valence-corrected chi connectivity index (χ2v) is 6.22. The van der Waals surface area contributed by atoms with E-state index in [1.165, 1.54) is 13.0 Å². The van der Waals surface area contributed by atoms with Crippen LogP contribution >= 0.6 is 0 Å². The normalized spacial score (nSPS) is 31.6. The number of nitrogens with one attached hydrogen (secondary N) is 1. The molecule has 0 radical (unpaired) electrons. The Morgan fingerprint density at radius 3 is 2.40 bits per heavy atom. The number of piperazine rings is 1. The summed E-state index contributed by atoms with van der Waals surface area (Å²) in [5.41, 5.74) is 0.377. The van der Waals surface area contributed by atoms with Crippen LogP contribution in [-0.4, -0.2) is 37.1 Å². The Labute approximate surface area is 95.4 Å². The molecule has 1 N–H and O–H groups in total. The van der Waals surface area contributed by atoms with Crippen molar-refractivity contribution in [1.29, 1.82) is 0 Å². The van der Waals surface area contributed by atoms with E-state index in [1.54, 1.807) is 0 Å². The molecule has 0 amide bonds. The fourth-order valence-electron chi connectivity index (χ4n) is 2.55. The predicted molar refractivity (Wildman–Crippen MR) is 67.1 cm³/mol. The Kier molecular flexibility index (Phi) is 4.19. The zero-order chi connectivity index (χ0) is 11.6. The van der Waals surface area contributed by atoms with Gasteiger partial charge in [0.2, 0.25) is 0 Å². The molecule has 1 rings (SSSR count). The summed E-state index contributed by atoms with van der Waals surface area (Å²) in [5.74, 6) is 0.786. The Morgan fingerprint density at radius 1 is 1.40 bits per heavy atom. The van der Waals surface area contributed by atoms with Gasteiger partial charge in [-0.05, 0) is 18.4 Å². The van der Waals surface area contributed by atoms with Gasteiger partial charge >= 0.3 is 0 Å². The Bertz CT molecular complexity index is 195. The molecule has 1 aliphatic rings. The number of hydrogen-bond acceptors (Lipinski definition) is 2. The second-order valence-electron chi connectivity index (χ2n) is 6.22. The molecule has 0 aromatic carbocycles. The van der Waals surface area contributed by atoms with Crippen LogP contribution in [0.4, 0.5) is 0 Å². The summed E-state index contributed by atoms with van der Waals surface area (Å²) in [7, 11) is 2.27. The average molecular weight is 212 g/mol. The standard InChI is InChI=1S/C13H28N2/c1-7-10(2)11-9-15(6)12(8-14-11)13(3,4)5/h10-12,14H,7-9H2,1-6H3. The van der Waals surface area contributed by atoms with Crippen molar-refractivity contribution in [3.05, 3.63) is 0 Å². The van der Waals surface area contributed by atoms with Crippen LogP contribution in [0.2, 0.25) is 0 Å². The number of nitrogens with zero attached hydrogens (tertiary/aromatic N) is 1. The van der Waals surface area contributed by atoms with Gasteiger partial charge in [0.25, 0.3) is 0 Å². The predicted octanol–water partition coefficient (Wildman–Crippen LogP) is 2.35. The molecule has 3 unspecified atom stereocenters. The molecule has 15 heavy (non-hydrogen) atoms. The van der Waals surface area contributed by atoms with Crippen molar-refractivity contribution in [2.75, 3.05) is 20.1 Å². The number of rotatable bonds is 2. The highest BCUT2D eigenvalue weighted by molar-refractivity contribution is 4.92. The quantitative estimate of drug-likeness (QED) is 0.756. The highest BCUT2D eigenvalue weighted by Crippen LogP contribution is 2.26. The lowest BCUT2D eigenvalue weighted by Gasteiger charge is -2.46. The lowest BCUT2D eigenvalue weighted by molar-refractivity contribution is 0.0658. The van der Waals surface area contributed by atoms with Crippen molar-refractivity contribution in [2.24, 2.45) is 11.3 Å². The third-order valence-corrected chi connectivity index (χ3v) is 3.92. The van der Waals surface area contributed by atoms with Gasteiger partial charge in [0, 0.05) is 25.2 Å². The minimum Gasteiger partial charge on any atom is -0.311 e. The van der Waals surface area contributed by atoms with E-state index in [9.17, 15) is 0 Å². The van der Waals surface area contributed by atoms with E-state index in [1.807, 2.05) is 0 Å². The van der Waals surface area contributed by atoms with E-state index in [-0.39, 0.29) is 0 Å². The Balaban J connectivity index is 2.55. The van der Waals surface area contributed by atoms with Gasteiger partial charge in [0.15, 0.2) is 0 Å². The van der Waals surface area contributed by atoms with Crippen molar-refractivity contribution in [3.63, 3.8) is 0 Å². The van der Waals surface area contributed by atoms with Gasteiger partial charge in [0.1, 0.15) is 0 Å². The largest absolute Gasteiger partial charge is 0.311 e. The van der Waals surface area contributed by atoms with Gasteiger partial charge in [0.05, 0.1) is 0 Å². The first-order valence-corrected chi connectivity index (χ1v) is 6.30. The van der Waals surface area contributed by atoms with E-state index in [0.29, 0.717) is 17.5 Å². The van der Waals surface area contributed by atoms with Crippen LogP contribution in [0.25, 0.3) is 0 Å².